The van der Waals surface area contributed by atoms with Crippen LogP contribution in [0.1, 0.15) is 33.2 Å². The van der Waals surface area contributed by atoms with Crippen LogP contribution in [0.3, 0.4) is 0 Å². The molecule has 6 saturated heterocycles. The van der Waals surface area contributed by atoms with Gasteiger partial charge in [-0.15, -0.1) is 0 Å². The molecule has 0 aromatic carbocycles. The smallest absolute Gasteiger partial charge is 0.330 e. The minimum atomic E-state index is -2.13. The van der Waals surface area contributed by atoms with Gasteiger partial charge in [0.05, 0.1) is 39.6 Å². The molecular formula is C34H52N6O12Si. The highest BCUT2D eigenvalue weighted by molar-refractivity contribution is 6.74. The number of fused-ring (bicyclic) bond motifs is 4. The van der Waals surface area contributed by atoms with Crippen molar-refractivity contribution < 1.29 is 38.0 Å². The fourth-order valence-corrected chi connectivity index (χ4v) is 9.03. The van der Waals surface area contributed by atoms with Crippen LogP contribution in [0.15, 0.2) is 43.7 Å². The highest BCUT2D eigenvalue weighted by Crippen LogP contribution is 2.50. The van der Waals surface area contributed by atoms with E-state index < -0.39 is 72.8 Å². The lowest BCUT2D eigenvalue weighted by Crippen LogP contribution is -2.57. The lowest BCUT2D eigenvalue weighted by Gasteiger charge is -2.42. The molecule has 18 nitrogen and oxygen atoms in total. The molecule has 8 heterocycles. The minimum absolute atomic E-state index is 0.0273. The standard InChI is InChI=1S/C20H33N3O6Si.C14H19N3O6/c1-19(2,3)30(4,5)29-16-15-17(23-7-6-14(24)21-18(23)25)28-20(16,13-27-15)12-22-8-10-26-11-9-22;18-9-1-2-17(13(20)15-9)12-10-11(19)14(23-12,8-22-10)7-16-3-5-21-6-4-16/h6-7,15-17H,8-13H2,1-5H3,(H,21,24,25);1-2,10-12,19H,3-8H2,(H,15,18,20)/t15-,16?,17+,20-;10-,11?,12+,14-/m00/s1. The van der Waals surface area contributed by atoms with Gasteiger partial charge in [0.15, 0.2) is 20.8 Å². The van der Waals surface area contributed by atoms with Crippen molar-refractivity contribution >= 4 is 8.32 Å². The van der Waals surface area contributed by atoms with Gasteiger partial charge in [0.25, 0.3) is 11.1 Å². The summed E-state index contributed by atoms with van der Waals surface area (Å²) in [6.07, 6.45) is -0.696. The molecule has 6 fully saturated rings. The molecule has 0 amide bonds. The first kappa shape index (κ1) is 38.5. The first-order valence-electron chi connectivity index (χ1n) is 18.3. The highest BCUT2D eigenvalue weighted by Gasteiger charge is 2.65. The van der Waals surface area contributed by atoms with E-state index in [2.05, 4.69) is 53.6 Å². The van der Waals surface area contributed by atoms with Gasteiger partial charge in [-0.3, -0.25) is 38.5 Å². The first-order chi connectivity index (χ1) is 25.1. The molecule has 2 aromatic rings. The SMILES string of the molecule is CC(C)(C)[Si](C)(C)OC1[C@@H]2OC[C@]1(CN1CCOCC1)O[C@H]2n1ccc(=O)[nH]c1=O.O=c1ccn([C@@H]2O[C@@]3(CN4CCOCC4)CO[C@H]2C3O)c(=O)[nH]1. The molecule has 0 aliphatic carbocycles. The Morgan fingerprint density at radius 1 is 0.774 bits per heavy atom. The largest absolute Gasteiger partial charge is 0.408 e. The number of hydrogen-bond donors (Lipinski definition) is 3. The Labute approximate surface area is 307 Å². The number of H-pyrrole nitrogens is 2. The van der Waals surface area contributed by atoms with Crippen LogP contribution in [0.2, 0.25) is 18.1 Å². The summed E-state index contributed by atoms with van der Waals surface area (Å²) < 4.78 is 44.8. The molecule has 0 radical (unpaired) electrons. The highest BCUT2D eigenvalue weighted by atomic mass is 28.4. The van der Waals surface area contributed by atoms with Crippen LogP contribution in [0.25, 0.3) is 0 Å². The monoisotopic (exact) mass is 764 g/mol. The number of aliphatic hydroxyl groups excluding tert-OH is 1. The normalized spacial score (nSPS) is 34.7. The van der Waals surface area contributed by atoms with E-state index in [1.165, 1.54) is 33.7 Å². The zero-order valence-electron chi connectivity index (χ0n) is 31.0. The first-order valence-corrected chi connectivity index (χ1v) is 21.2. The molecular weight excluding hydrogens is 712 g/mol. The predicted molar refractivity (Wildman–Crippen MR) is 190 cm³/mol. The van der Waals surface area contributed by atoms with Gasteiger partial charge in [-0.05, 0) is 18.1 Å². The number of rotatable bonds is 8. The average Bonchev–Trinajstić information content (AvgIpc) is 3.77. The summed E-state index contributed by atoms with van der Waals surface area (Å²) in [5, 5.41) is 10.6. The second-order valence-corrected chi connectivity index (χ2v) is 21.0. The Hall–Kier alpha value is -2.82. The van der Waals surface area contributed by atoms with E-state index >= 15 is 0 Å². The van der Waals surface area contributed by atoms with Crippen LogP contribution in [-0.4, -0.2) is 157 Å². The molecule has 0 saturated carbocycles. The van der Waals surface area contributed by atoms with E-state index in [0.29, 0.717) is 46.1 Å². The van der Waals surface area contributed by atoms with Gasteiger partial charge in [0.1, 0.15) is 35.6 Å². The Morgan fingerprint density at radius 2 is 1.23 bits per heavy atom. The summed E-state index contributed by atoms with van der Waals surface area (Å²) in [5.41, 5.74) is -3.51. The van der Waals surface area contributed by atoms with Gasteiger partial charge < -0.3 is 38.0 Å². The summed E-state index contributed by atoms with van der Waals surface area (Å²) in [6, 6.07) is 2.58. The van der Waals surface area contributed by atoms with Gasteiger partial charge in [0, 0.05) is 63.8 Å². The summed E-state index contributed by atoms with van der Waals surface area (Å²) in [4.78, 5) is 56.1. The van der Waals surface area contributed by atoms with Crippen LogP contribution in [0.5, 0.6) is 0 Å². The molecule has 8 atom stereocenters. The maximum atomic E-state index is 12.5. The molecule has 2 aromatic heterocycles. The summed E-state index contributed by atoms with van der Waals surface area (Å²) >= 11 is 0. The van der Waals surface area contributed by atoms with Crippen molar-refractivity contribution in [2.75, 3.05) is 78.9 Å². The fraction of sp³-hybridized carbons (Fsp3) is 0.765. The molecule has 3 N–H and O–H groups in total. The molecule has 4 bridgehead atoms. The molecule has 2 unspecified atom stereocenters. The van der Waals surface area contributed by atoms with Gasteiger partial charge in [-0.2, -0.15) is 0 Å². The Kier molecular flexibility index (Phi) is 10.7. The quantitative estimate of drug-likeness (QED) is 0.272. The van der Waals surface area contributed by atoms with Gasteiger partial charge >= 0.3 is 11.4 Å². The maximum absolute atomic E-state index is 12.5. The van der Waals surface area contributed by atoms with Crippen LogP contribution in [0.4, 0.5) is 0 Å². The summed E-state index contributed by atoms with van der Waals surface area (Å²) in [7, 11) is -2.13. The van der Waals surface area contributed by atoms with Crippen molar-refractivity contribution in [3.63, 3.8) is 0 Å². The molecule has 0 spiro atoms. The number of aliphatic hydroxyl groups is 1. The Bertz CT molecular complexity index is 1850. The van der Waals surface area contributed by atoms with Crippen molar-refractivity contribution in [1.29, 1.82) is 0 Å². The van der Waals surface area contributed by atoms with Crippen LogP contribution >= 0.6 is 0 Å². The Balaban J connectivity index is 0.000000170. The zero-order valence-corrected chi connectivity index (χ0v) is 32.0. The molecule has 6 aliphatic heterocycles. The molecule has 19 heteroatoms. The van der Waals surface area contributed by atoms with Gasteiger partial charge in [-0.1, -0.05) is 20.8 Å². The molecule has 53 heavy (non-hydrogen) atoms. The van der Waals surface area contributed by atoms with Crippen LogP contribution in [0, 0.1) is 0 Å². The van der Waals surface area contributed by atoms with E-state index in [1.807, 2.05) is 0 Å². The third kappa shape index (κ3) is 7.45. The van der Waals surface area contributed by atoms with Crippen molar-refractivity contribution in [2.24, 2.45) is 0 Å². The molecule has 6 aliphatic rings. The van der Waals surface area contributed by atoms with Crippen molar-refractivity contribution in [3.05, 3.63) is 66.2 Å². The maximum Gasteiger partial charge on any atom is 0.330 e. The van der Waals surface area contributed by atoms with Crippen molar-refractivity contribution in [3.8, 4) is 0 Å². The topological polar surface area (TPSA) is 201 Å². The lowest BCUT2D eigenvalue weighted by molar-refractivity contribution is -0.184. The zero-order chi connectivity index (χ0) is 37.8. The van der Waals surface area contributed by atoms with Gasteiger partial charge in [-0.25, -0.2) is 9.59 Å². The minimum Gasteiger partial charge on any atom is -0.408 e. The second-order valence-electron chi connectivity index (χ2n) is 16.3. The van der Waals surface area contributed by atoms with Crippen LogP contribution in [-0.2, 0) is 32.8 Å². The number of nitrogens with zero attached hydrogens (tertiary/aromatic N) is 4. The van der Waals surface area contributed by atoms with E-state index in [9.17, 15) is 24.3 Å². The van der Waals surface area contributed by atoms with Crippen molar-refractivity contribution in [2.45, 2.75) is 87.0 Å². The number of aromatic amines is 2. The van der Waals surface area contributed by atoms with E-state index in [4.69, 9.17) is 32.8 Å². The third-order valence-corrected chi connectivity index (χ3v) is 16.1. The lowest BCUT2D eigenvalue weighted by atomic mass is 9.98. The second kappa shape index (κ2) is 14.7. The van der Waals surface area contributed by atoms with E-state index in [0.717, 1.165) is 26.2 Å². The average molecular weight is 765 g/mol. The van der Waals surface area contributed by atoms with E-state index in [1.54, 1.807) is 0 Å². The molecule has 8 rings (SSSR count). The Morgan fingerprint density at radius 3 is 1.74 bits per heavy atom. The van der Waals surface area contributed by atoms with Crippen LogP contribution < -0.4 is 22.5 Å². The number of aromatic nitrogens is 4. The van der Waals surface area contributed by atoms with E-state index in [-0.39, 0.29) is 17.7 Å². The fourth-order valence-electron chi connectivity index (χ4n) is 7.69. The number of morpholine rings is 2. The molecule has 294 valence electrons. The number of nitrogens with one attached hydrogen (secondary N) is 2. The van der Waals surface area contributed by atoms with Gasteiger partial charge in [0.2, 0.25) is 0 Å². The third-order valence-electron chi connectivity index (χ3n) is 11.6. The number of hydrogen-bond acceptors (Lipinski definition) is 14. The number of ether oxygens (including phenoxy) is 6. The summed E-state index contributed by atoms with van der Waals surface area (Å²) in [6.45, 7) is 18.8. The predicted octanol–water partition coefficient (Wildman–Crippen LogP) is -1.18. The summed E-state index contributed by atoms with van der Waals surface area (Å²) in [5.74, 6) is 0. The van der Waals surface area contributed by atoms with Crippen molar-refractivity contribution in [1.82, 2.24) is 28.9 Å².